The van der Waals surface area contributed by atoms with Crippen LogP contribution in [0.15, 0.2) is 17.2 Å². The number of rotatable bonds is 4. The molecule has 0 aromatic carbocycles. The van der Waals surface area contributed by atoms with Gasteiger partial charge in [0.05, 0.1) is 0 Å². The third kappa shape index (κ3) is 2.09. The van der Waals surface area contributed by atoms with Crippen LogP contribution in [-0.4, -0.2) is 27.1 Å². The van der Waals surface area contributed by atoms with Crippen LogP contribution in [0.1, 0.15) is 19.3 Å². The van der Waals surface area contributed by atoms with Gasteiger partial charge in [-0.1, -0.05) is 6.42 Å². The van der Waals surface area contributed by atoms with Crippen molar-refractivity contribution in [1.29, 1.82) is 0 Å². The van der Waals surface area contributed by atoms with Gasteiger partial charge >= 0.3 is 0 Å². The monoisotopic (exact) mass is 239 g/mol. The number of anilines is 1. The summed E-state index contributed by atoms with van der Waals surface area (Å²) < 4.78 is 1.87. The van der Waals surface area contributed by atoms with Gasteiger partial charge in [-0.15, -0.1) is 0 Å². The van der Waals surface area contributed by atoms with Gasteiger partial charge in [-0.05, 0) is 19.1 Å². The molecule has 0 spiro atoms. The molecule has 16 heavy (non-hydrogen) atoms. The van der Waals surface area contributed by atoms with E-state index >= 15 is 0 Å². The molecule has 1 fully saturated rings. The molecule has 2 rings (SSSR count). The second-order valence-electron chi connectivity index (χ2n) is 4.29. The molecule has 1 heterocycles. The molecule has 1 aliphatic carbocycles. The van der Waals surface area contributed by atoms with E-state index in [1.54, 1.807) is 24.0 Å². The van der Waals surface area contributed by atoms with Crippen molar-refractivity contribution in [2.24, 2.45) is 7.05 Å². The van der Waals surface area contributed by atoms with E-state index in [-0.39, 0.29) is 5.56 Å². The molecule has 0 saturated heterocycles. The first kappa shape index (κ1) is 11.5. The number of hydrogen-bond donors (Lipinski definition) is 1. The lowest BCUT2D eigenvalue weighted by atomic mass is 9.84. The second-order valence-corrected chi connectivity index (χ2v) is 5.56. The van der Waals surface area contributed by atoms with Crippen LogP contribution in [0, 0.1) is 0 Å². The number of thioether (sulfide) groups is 1. The second kappa shape index (κ2) is 4.49. The maximum atomic E-state index is 11.7. The summed E-state index contributed by atoms with van der Waals surface area (Å²) in [4.78, 5) is 15.8. The van der Waals surface area contributed by atoms with E-state index in [1.165, 1.54) is 19.3 Å². The molecule has 0 bridgehead atoms. The highest BCUT2D eigenvalue weighted by Crippen LogP contribution is 2.42. The molecule has 1 aromatic heterocycles. The van der Waals surface area contributed by atoms with Gasteiger partial charge in [-0.25, -0.2) is 4.98 Å². The Kier molecular flexibility index (Phi) is 3.23. The molecule has 0 amide bonds. The molecule has 5 heteroatoms. The van der Waals surface area contributed by atoms with Gasteiger partial charge in [-0.2, -0.15) is 11.8 Å². The number of nitrogens with one attached hydrogen (secondary N) is 1. The van der Waals surface area contributed by atoms with Gasteiger partial charge < -0.3 is 9.88 Å². The van der Waals surface area contributed by atoms with Crippen molar-refractivity contribution in [2.75, 3.05) is 18.1 Å². The maximum Gasteiger partial charge on any atom is 0.293 e. The van der Waals surface area contributed by atoms with Gasteiger partial charge in [0.1, 0.15) is 0 Å². The number of hydrogen-bond acceptors (Lipinski definition) is 4. The largest absolute Gasteiger partial charge is 0.364 e. The molecule has 0 unspecified atom stereocenters. The van der Waals surface area contributed by atoms with E-state index < -0.39 is 0 Å². The fourth-order valence-corrected chi connectivity index (χ4v) is 2.80. The minimum Gasteiger partial charge on any atom is -0.364 e. The molecular formula is C11H17N3OS. The SMILES string of the molecule is CSC1(CNc2nccn(C)c2=O)CCC1. The molecule has 4 nitrogen and oxygen atoms in total. The quantitative estimate of drug-likeness (QED) is 0.864. The Morgan fingerprint density at radius 1 is 1.62 bits per heavy atom. The van der Waals surface area contributed by atoms with Gasteiger partial charge in [0.15, 0.2) is 5.82 Å². The summed E-state index contributed by atoms with van der Waals surface area (Å²) in [6.07, 6.45) is 9.21. The highest BCUT2D eigenvalue weighted by Gasteiger charge is 2.36. The summed E-state index contributed by atoms with van der Waals surface area (Å²) in [7, 11) is 1.74. The van der Waals surface area contributed by atoms with Crippen LogP contribution in [-0.2, 0) is 7.05 Å². The maximum absolute atomic E-state index is 11.7. The fourth-order valence-electron chi connectivity index (χ4n) is 1.89. The molecule has 0 atom stereocenters. The van der Waals surface area contributed by atoms with Gasteiger partial charge in [0.2, 0.25) is 0 Å². The first-order valence-corrected chi connectivity index (χ1v) is 6.70. The smallest absolute Gasteiger partial charge is 0.293 e. The van der Waals surface area contributed by atoms with E-state index in [0.29, 0.717) is 10.6 Å². The van der Waals surface area contributed by atoms with Crippen molar-refractivity contribution < 1.29 is 0 Å². The Morgan fingerprint density at radius 2 is 2.38 bits per heavy atom. The lowest BCUT2D eigenvalue weighted by molar-refractivity contribution is 0.379. The highest BCUT2D eigenvalue weighted by molar-refractivity contribution is 8.00. The Hall–Kier alpha value is -0.970. The third-order valence-corrected chi connectivity index (χ3v) is 4.71. The summed E-state index contributed by atoms with van der Waals surface area (Å²) in [6.45, 7) is 0.834. The molecule has 1 saturated carbocycles. The van der Waals surface area contributed by atoms with E-state index in [4.69, 9.17) is 0 Å². The topological polar surface area (TPSA) is 46.9 Å². The Morgan fingerprint density at radius 3 is 2.94 bits per heavy atom. The van der Waals surface area contributed by atoms with Crippen LogP contribution in [0.5, 0.6) is 0 Å². The number of aromatic nitrogens is 2. The zero-order valence-electron chi connectivity index (χ0n) is 9.69. The van der Waals surface area contributed by atoms with Crippen LogP contribution in [0.2, 0.25) is 0 Å². The zero-order valence-corrected chi connectivity index (χ0v) is 10.5. The first-order chi connectivity index (χ1) is 7.67. The average molecular weight is 239 g/mol. The van der Waals surface area contributed by atoms with Gasteiger partial charge in [0.25, 0.3) is 5.56 Å². The molecule has 0 aliphatic heterocycles. The van der Waals surface area contributed by atoms with Crippen molar-refractivity contribution in [3.05, 3.63) is 22.7 Å². The molecule has 1 aromatic rings. The lowest BCUT2D eigenvalue weighted by Crippen LogP contribution is -2.41. The van der Waals surface area contributed by atoms with E-state index in [2.05, 4.69) is 16.6 Å². The van der Waals surface area contributed by atoms with Gasteiger partial charge in [-0.3, -0.25) is 4.79 Å². The van der Waals surface area contributed by atoms with Crippen molar-refractivity contribution in [2.45, 2.75) is 24.0 Å². The van der Waals surface area contributed by atoms with Crippen LogP contribution in [0.25, 0.3) is 0 Å². The lowest BCUT2D eigenvalue weighted by Gasteiger charge is -2.40. The Labute approximate surface area is 99.5 Å². The minimum absolute atomic E-state index is 0.0573. The summed E-state index contributed by atoms with van der Waals surface area (Å²) in [5.41, 5.74) is -0.0573. The van der Waals surface area contributed by atoms with Crippen LogP contribution < -0.4 is 10.9 Å². The molecular weight excluding hydrogens is 222 g/mol. The normalized spacial score (nSPS) is 17.9. The van der Waals surface area contributed by atoms with E-state index in [0.717, 1.165) is 6.54 Å². The summed E-state index contributed by atoms with van der Waals surface area (Å²) in [5, 5.41) is 3.18. The molecule has 0 radical (unpaired) electrons. The van der Waals surface area contributed by atoms with E-state index in [9.17, 15) is 4.79 Å². The average Bonchev–Trinajstić information content (AvgIpc) is 2.23. The minimum atomic E-state index is -0.0573. The van der Waals surface area contributed by atoms with Crippen LogP contribution in [0.4, 0.5) is 5.82 Å². The summed E-state index contributed by atoms with van der Waals surface area (Å²) in [6, 6.07) is 0. The molecule has 88 valence electrons. The molecule has 1 N–H and O–H groups in total. The van der Waals surface area contributed by atoms with Gasteiger partial charge in [0, 0.05) is 30.7 Å². The zero-order chi connectivity index (χ0) is 11.6. The summed E-state index contributed by atoms with van der Waals surface area (Å²) >= 11 is 1.89. The van der Waals surface area contributed by atoms with E-state index in [1.807, 2.05) is 11.8 Å². The predicted octanol–water partition coefficient (Wildman–Crippen LogP) is 1.48. The third-order valence-electron chi connectivity index (χ3n) is 3.29. The Balaban J connectivity index is 2.05. The van der Waals surface area contributed by atoms with Crippen molar-refractivity contribution in [3.8, 4) is 0 Å². The Bertz CT molecular complexity index is 420. The number of nitrogens with zero attached hydrogens (tertiary/aromatic N) is 2. The standard InChI is InChI=1S/C11H17N3OS/c1-14-7-6-12-9(10(14)15)13-8-11(16-2)4-3-5-11/h6-7H,3-5,8H2,1-2H3,(H,12,13). The predicted molar refractivity (Wildman–Crippen MR) is 68.1 cm³/mol. The van der Waals surface area contributed by atoms with Crippen molar-refractivity contribution in [1.82, 2.24) is 9.55 Å². The molecule has 1 aliphatic rings. The van der Waals surface area contributed by atoms with Crippen molar-refractivity contribution in [3.63, 3.8) is 0 Å². The fraction of sp³-hybridized carbons (Fsp3) is 0.636. The first-order valence-electron chi connectivity index (χ1n) is 5.47. The van der Waals surface area contributed by atoms with Crippen molar-refractivity contribution >= 4 is 17.6 Å². The van der Waals surface area contributed by atoms with Crippen LogP contribution in [0.3, 0.4) is 0 Å². The highest BCUT2D eigenvalue weighted by atomic mass is 32.2. The summed E-state index contributed by atoms with van der Waals surface area (Å²) in [5.74, 6) is 0.463. The number of aryl methyl sites for hydroxylation is 1. The van der Waals surface area contributed by atoms with Crippen LogP contribution >= 0.6 is 11.8 Å².